The number of thiophene rings is 1. The van der Waals surface area contributed by atoms with Crippen LogP contribution in [0, 0.1) is 11.3 Å². The standard InChI is InChI=1S/C10H16O4S.C8H11NOS/c1-9(2)7-4-5-10(9,8(11)6-7)14-15(3,12)13;1-9-5-4-7(10)8-3-2-6-11-8/h7H,4-6H2,1-3H3;2-3,6,9H,4-5H2,1H3/t7?,10-;/m1./s1. The zero-order chi connectivity index (χ0) is 19.6. The van der Waals surface area contributed by atoms with E-state index in [-0.39, 0.29) is 22.9 Å². The molecule has 2 saturated carbocycles. The highest BCUT2D eigenvalue weighted by molar-refractivity contribution is 7.86. The molecule has 26 heavy (non-hydrogen) atoms. The average Bonchev–Trinajstić information content (AvgIpc) is 3.19. The Morgan fingerprint density at radius 1 is 1.42 bits per heavy atom. The van der Waals surface area contributed by atoms with Gasteiger partial charge in [-0.1, -0.05) is 19.9 Å². The van der Waals surface area contributed by atoms with Gasteiger partial charge in [0.1, 0.15) is 0 Å². The summed E-state index contributed by atoms with van der Waals surface area (Å²) < 4.78 is 27.6. The summed E-state index contributed by atoms with van der Waals surface area (Å²) >= 11 is 1.50. The summed E-state index contributed by atoms with van der Waals surface area (Å²) in [6, 6.07) is 3.76. The van der Waals surface area contributed by atoms with E-state index in [9.17, 15) is 18.0 Å². The number of hydrogen-bond donors (Lipinski definition) is 1. The molecule has 0 spiro atoms. The summed E-state index contributed by atoms with van der Waals surface area (Å²) in [5.41, 5.74) is -1.43. The minimum atomic E-state index is -3.58. The van der Waals surface area contributed by atoms with Crippen molar-refractivity contribution in [1.82, 2.24) is 5.32 Å². The van der Waals surface area contributed by atoms with Crippen LogP contribution in [0.5, 0.6) is 0 Å². The predicted octanol–water partition coefficient (Wildman–Crippen LogP) is 2.65. The van der Waals surface area contributed by atoms with Gasteiger partial charge in [0, 0.05) is 24.8 Å². The van der Waals surface area contributed by atoms with Gasteiger partial charge in [-0.05, 0) is 37.3 Å². The molecule has 1 unspecified atom stereocenters. The normalized spacial score (nSPS) is 26.5. The summed E-state index contributed by atoms with van der Waals surface area (Å²) in [5, 5.41) is 4.87. The molecule has 8 heteroatoms. The van der Waals surface area contributed by atoms with Crippen molar-refractivity contribution < 1.29 is 22.2 Å². The van der Waals surface area contributed by atoms with Crippen molar-refractivity contribution in [3.8, 4) is 0 Å². The van der Waals surface area contributed by atoms with E-state index in [0.717, 1.165) is 24.1 Å². The molecule has 0 amide bonds. The molecule has 2 atom stereocenters. The fraction of sp³-hybridized carbons (Fsp3) is 0.667. The topological polar surface area (TPSA) is 89.5 Å². The zero-order valence-corrected chi connectivity index (χ0v) is 17.3. The molecule has 0 saturated heterocycles. The third-order valence-electron chi connectivity index (χ3n) is 5.48. The Balaban J connectivity index is 0.000000197. The molecule has 2 fully saturated rings. The van der Waals surface area contributed by atoms with Crippen LogP contribution in [0.15, 0.2) is 17.5 Å². The molecule has 2 aliphatic carbocycles. The van der Waals surface area contributed by atoms with E-state index < -0.39 is 15.7 Å². The number of fused-ring (bicyclic) bond motifs is 2. The Kier molecular flexibility index (Phi) is 6.43. The van der Waals surface area contributed by atoms with Gasteiger partial charge < -0.3 is 5.32 Å². The molecule has 146 valence electrons. The Hall–Kier alpha value is -1.09. The highest BCUT2D eigenvalue weighted by atomic mass is 32.2. The Bertz CT molecular complexity index is 755. The number of nitrogens with one attached hydrogen (secondary N) is 1. The molecule has 0 radical (unpaired) electrons. The predicted molar refractivity (Wildman–Crippen MR) is 102 cm³/mol. The van der Waals surface area contributed by atoms with Crippen LogP contribution in [0.1, 0.15) is 49.2 Å². The average molecular weight is 402 g/mol. The van der Waals surface area contributed by atoms with Gasteiger partial charge in [-0.3, -0.25) is 13.8 Å². The van der Waals surface area contributed by atoms with E-state index in [1.165, 1.54) is 11.3 Å². The first kappa shape index (κ1) is 21.2. The molecular formula is C18H27NO5S2. The third kappa shape index (κ3) is 4.24. The summed E-state index contributed by atoms with van der Waals surface area (Å²) in [5.74, 6) is 0.454. The molecule has 1 heterocycles. The van der Waals surface area contributed by atoms with Gasteiger partial charge in [-0.15, -0.1) is 11.3 Å². The van der Waals surface area contributed by atoms with Crippen molar-refractivity contribution in [2.75, 3.05) is 19.8 Å². The lowest BCUT2D eigenvalue weighted by atomic mass is 9.79. The first-order chi connectivity index (χ1) is 12.0. The number of rotatable bonds is 6. The van der Waals surface area contributed by atoms with Gasteiger partial charge >= 0.3 is 0 Å². The summed E-state index contributed by atoms with van der Waals surface area (Å²) in [7, 11) is -1.73. The van der Waals surface area contributed by atoms with Crippen molar-refractivity contribution in [2.24, 2.45) is 11.3 Å². The number of hydrogen-bond acceptors (Lipinski definition) is 7. The van der Waals surface area contributed by atoms with E-state index in [1.54, 1.807) is 0 Å². The molecule has 1 aromatic heterocycles. The van der Waals surface area contributed by atoms with Gasteiger partial charge in [0.2, 0.25) is 0 Å². The Morgan fingerprint density at radius 2 is 2.12 bits per heavy atom. The summed E-state index contributed by atoms with van der Waals surface area (Å²) in [6.45, 7) is 4.62. The SMILES string of the molecule is CC1(C)C2CC[C@@]1(OS(C)(=O)=O)C(=O)C2.CNCCC(=O)c1cccs1. The van der Waals surface area contributed by atoms with Crippen LogP contribution in [-0.4, -0.2) is 45.4 Å². The fourth-order valence-corrected chi connectivity index (χ4v) is 5.49. The van der Waals surface area contributed by atoms with Crippen molar-refractivity contribution in [1.29, 1.82) is 0 Å². The number of carbonyl (C=O) groups excluding carboxylic acids is 2. The van der Waals surface area contributed by atoms with Gasteiger partial charge in [0.15, 0.2) is 17.2 Å². The minimum Gasteiger partial charge on any atom is -0.319 e. The lowest BCUT2D eigenvalue weighted by molar-refractivity contribution is -0.136. The number of Topliss-reactive ketones (excluding diaryl/α,β-unsaturated/α-hetero) is 2. The second kappa shape index (κ2) is 7.88. The maximum atomic E-state index is 11.9. The zero-order valence-electron chi connectivity index (χ0n) is 15.7. The third-order valence-corrected chi connectivity index (χ3v) is 6.98. The lowest BCUT2D eigenvalue weighted by Gasteiger charge is -2.34. The van der Waals surface area contributed by atoms with Crippen molar-refractivity contribution >= 4 is 33.0 Å². The molecule has 1 aromatic rings. The highest BCUT2D eigenvalue weighted by Crippen LogP contribution is 2.60. The van der Waals surface area contributed by atoms with Crippen LogP contribution in [0.3, 0.4) is 0 Å². The largest absolute Gasteiger partial charge is 0.319 e. The van der Waals surface area contributed by atoms with Crippen LogP contribution in [0.2, 0.25) is 0 Å². The molecule has 0 aromatic carbocycles. The Labute approximate surface area is 159 Å². The molecule has 2 aliphatic rings. The highest BCUT2D eigenvalue weighted by Gasteiger charge is 2.66. The second-order valence-corrected chi connectivity index (χ2v) is 9.98. The lowest BCUT2D eigenvalue weighted by Crippen LogP contribution is -2.47. The summed E-state index contributed by atoms with van der Waals surface area (Å²) in [6.07, 6.45) is 3.49. The smallest absolute Gasteiger partial charge is 0.265 e. The molecule has 0 aliphatic heterocycles. The van der Waals surface area contributed by atoms with E-state index in [4.69, 9.17) is 4.18 Å². The monoisotopic (exact) mass is 401 g/mol. The number of ketones is 2. The Morgan fingerprint density at radius 3 is 2.54 bits per heavy atom. The van der Waals surface area contributed by atoms with Crippen LogP contribution in [0.25, 0.3) is 0 Å². The maximum absolute atomic E-state index is 11.9. The number of carbonyl (C=O) groups is 2. The maximum Gasteiger partial charge on any atom is 0.265 e. The van der Waals surface area contributed by atoms with Gasteiger partial charge in [-0.2, -0.15) is 8.42 Å². The minimum absolute atomic E-state index is 0.0471. The summed E-state index contributed by atoms with van der Waals surface area (Å²) in [4.78, 5) is 24.0. The molecule has 6 nitrogen and oxygen atoms in total. The second-order valence-electron chi connectivity index (χ2n) is 7.45. The first-order valence-corrected chi connectivity index (χ1v) is 11.4. The molecule has 1 N–H and O–H groups in total. The quantitative estimate of drug-likeness (QED) is 0.582. The molecule has 3 rings (SSSR count). The van der Waals surface area contributed by atoms with Gasteiger partial charge in [-0.25, -0.2) is 0 Å². The van der Waals surface area contributed by atoms with Gasteiger partial charge in [0.05, 0.1) is 11.1 Å². The van der Waals surface area contributed by atoms with Crippen molar-refractivity contribution in [3.63, 3.8) is 0 Å². The van der Waals surface area contributed by atoms with E-state index in [1.807, 2.05) is 38.4 Å². The van der Waals surface area contributed by atoms with Crippen LogP contribution < -0.4 is 5.32 Å². The molecular weight excluding hydrogens is 374 g/mol. The van der Waals surface area contributed by atoms with Gasteiger partial charge in [0.25, 0.3) is 10.1 Å². The van der Waals surface area contributed by atoms with Crippen LogP contribution in [-0.2, 0) is 19.1 Å². The van der Waals surface area contributed by atoms with Crippen molar-refractivity contribution in [3.05, 3.63) is 22.4 Å². The van der Waals surface area contributed by atoms with E-state index >= 15 is 0 Å². The first-order valence-electron chi connectivity index (χ1n) is 8.69. The van der Waals surface area contributed by atoms with Crippen LogP contribution >= 0.6 is 11.3 Å². The molecule has 2 bridgehead atoms. The fourth-order valence-electron chi connectivity index (χ4n) is 3.89. The van der Waals surface area contributed by atoms with Crippen LogP contribution in [0.4, 0.5) is 0 Å². The van der Waals surface area contributed by atoms with E-state index in [2.05, 4.69) is 5.32 Å². The van der Waals surface area contributed by atoms with E-state index in [0.29, 0.717) is 19.3 Å². The van der Waals surface area contributed by atoms with Crippen molar-refractivity contribution in [2.45, 2.75) is 45.1 Å².